The van der Waals surface area contributed by atoms with Gasteiger partial charge in [0, 0.05) is 56.0 Å². The molecule has 0 aliphatic carbocycles. The molecule has 6 heteroatoms. The molecule has 1 saturated heterocycles. The lowest BCUT2D eigenvalue weighted by Gasteiger charge is -2.39. The molecule has 3 aliphatic rings. The molecule has 190 valence electrons. The summed E-state index contributed by atoms with van der Waals surface area (Å²) in [5.74, 6) is -0.579. The number of aliphatic hydroxyl groups is 1. The minimum Gasteiger partial charge on any atom is -0.396 e. The number of pyridine rings is 1. The van der Waals surface area contributed by atoms with Crippen molar-refractivity contribution in [1.29, 1.82) is 0 Å². The number of hydrogen-bond acceptors (Lipinski definition) is 4. The second kappa shape index (κ2) is 9.77. The number of allylic oxidation sites excluding steroid dienone is 1. The number of hydrogen-bond donors (Lipinski definition) is 1. The summed E-state index contributed by atoms with van der Waals surface area (Å²) in [5, 5.41) is 10.7. The van der Waals surface area contributed by atoms with E-state index in [9.17, 15) is 14.7 Å². The number of amides is 1. The number of rotatable bonds is 5. The minimum absolute atomic E-state index is 0.0263. The highest BCUT2D eigenvalue weighted by Gasteiger charge is 2.56. The van der Waals surface area contributed by atoms with Crippen LogP contribution in [0, 0.1) is 11.8 Å². The molecule has 4 atom stereocenters. The van der Waals surface area contributed by atoms with Crippen LogP contribution in [0.4, 0.5) is 0 Å². The van der Waals surface area contributed by atoms with E-state index in [4.69, 9.17) is 0 Å². The average Bonchev–Trinajstić information content (AvgIpc) is 3.13. The molecule has 0 radical (unpaired) electrons. The number of fused-ring (bicyclic) bond motifs is 5. The zero-order valence-electron chi connectivity index (χ0n) is 21.2. The zero-order valence-corrected chi connectivity index (χ0v) is 21.2. The van der Waals surface area contributed by atoms with Gasteiger partial charge in [-0.05, 0) is 42.2 Å². The van der Waals surface area contributed by atoms with Gasteiger partial charge >= 0.3 is 0 Å². The van der Waals surface area contributed by atoms with Crippen LogP contribution in [-0.4, -0.2) is 44.6 Å². The van der Waals surface area contributed by atoms with Crippen LogP contribution in [0.3, 0.4) is 0 Å². The van der Waals surface area contributed by atoms with Crippen molar-refractivity contribution in [3.05, 3.63) is 111 Å². The van der Waals surface area contributed by atoms with Gasteiger partial charge in [0.15, 0.2) is 0 Å². The van der Waals surface area contributed by atoms with Gasteiger partial charge in [-0.25, -0.2) is 0 Å². The lowest BCUT2D eigenvalue weighted by molar-refractivity contribution is -0.139. The maximum absolute atomic E-state index is 14.3. The number of benzene rings is 2. The molecule has 0 unspecified atom stereocenters. The Labute approximate surface area is 217 Å². The maximum atomic E-state index is 14.3. The molecule has 1 fully saturated rings. The van der Waals surface area contributed by atoms with Crippen LogP contribution in [0.1, 0.15) is 40.9 Å². The Balaban J connectivity index is 1.42. The number of carbonyl (C=O) groups excluding carboxylic acids is 1. The second-order valence-electron chi connectivity index (χ2n) is 10.5. The fourth-order valence-corrected chi connectivity index (χ4v) is 6.73. The van der Waals surface area contributed by atoms with Gasteiger partial charge in [-0.1, -0.05) is 66.7 Å². The molecule has 6 nitrogen and oxygen atoms in total. The average molecular weight is 496 g/mol. The van der Waals surface area contributed by atoms with Gasteiger partial charge in [0.1, 0.15) is 0 Å². The molecule has 37 heavy (non-hydrogen) atoms. The highest BCUT2D eigenvalue weighted by molar-refractivity contribution is 5.81. The van der Waals surface area contributed by atoms with E-state index >= 15 is 0 Å². The van der Waals surface area contributed by atoms with Crippen molar-refractivity contribution in [2.45, 2.75) is 45.1 Å². The molecule has 1 amide bonds. The van der Waals surface area contributed by atoms with Crippen LogP contribution < -0.4 is 5.56 Å². The van der Waals surface area contributed by atoms with Gasteiger partial charge in [-0.2, -0.15) is 0 Å². The van der Waals surface area contributed by atoms with Gasteiger partial charge in [-0.3, -0.25) is 14.5 Å². The van der Waals surface area contributed by atoms with E-state index in [0.717, 1.165) is 17.7 Å². The molecule has 3 aromatic rings. The normalized spacial score (nSPS) is 24.8. The topological polar surface area (TPSA) is 65.8 Å². The maximum Gasteiger partial charge on any atom is 0.258 e. The lowest BCUT2D eigenvalue weighted by atomic mass is 9.85. The van der Waals surface area contributed by atoms with E-state index in [0.29, 0.717) is 31.7 Å². The van der Waals surface area contributed by atoms with Crippen molar-refractivity contribution < 1.29 is 9.90 Å². The van der Waals surface area contributed by atoms with Crippen molar-refractivity contribution in [2.75, 3.05) is 13.2 Å². The standard InChI is InChI=1S/C31H33N3O3/c1-2-8-23-13-14-26-29-28(31(37)32-16-15-22-11-6-7-12-24(22)18-32)25(20-35)27(19-34(26)30(23)36)33(29)17-21-9-4-3-5-10-21/h2-14,25,27-29,35H,15-20H2,1H3/b8-2+/t25-,27-,28+,29+/m0/s1. The minimum atomic E-state index is -0.412. The van der Waals surface area contributed by atoms with E-state index in [1.807, 2.05) is 64.9 Å². The summed E-state index contributed by atoms with van der Waals surface area (Å²) in [6.45, 7) is 4.23. The van der Waals surface area contributed by atoms with Gasteiger partial charge in [0.25, 0.3) is 5.56 Å². The van der Waals surface area contributed by atoms with E-state index in [2.05, 4.69) is 35.2 Å². The first-order chi connectivity index (χ1) is 18.1. The van der Waals surface area contributed by atoms with Crippen LogP contribution >= 0.6 is 0 Å². The third kappa shape index (κ3) is 4.05. The van der Waals surface area contributed by atoms with E-state index in [1.165, 1.54) is 11.1 Å². The molecule has 0 saturated carbocycles. The summed E-state index contributed by atoms with van der Waals surface area (Å²) in [5.41, 5.74) is 5.15. The summed E-state index contributed by atoms with van der Waals surface area (Å²) < 4.78 is 1.85. The second-order valence-corrected chi connectivity index (χ2v) is 10.5. The first-order valence-corrected chi connectivity index (χ1v) is 13.2. The Morgan fingerprint density at radius 1 is 1.03 bits per heavy atom. The van der Waals surface area contributed by atoms with Gasteiger partial charge in [0.05, 0.1) is 12.0 Å². The SMILES string of the molecule is C/C=C/c1ccc2n(c1=O)C[C@H]1[C@H](CO)[C@@H](C(=O)N3CCc4ccccc4C3)[C@@H]2N1Cc1ccccc1. The molecule has 4 heterocycles. The van der Waals surface area contributed by atoms with Crippen molar-refractivity contribution in [3.63, 3.8) is 0 Å². The Bertz CT molecular complexity index is 1400. The number of nitrogens with zero attached hydrogens (tertiary/aromatic N) is 3. The van der Waals surface area contributed by atoms with E-state index in [1.54, 1.807) is 0 Å². The van der Waals surface area contributed by atoms with Crippen LogP contribution in [0.15, 0.2) is 77.6 Å². The third-order valence-electron chi connectivity index (χ3n) is 8.48. The van der Waals surface area contributed by atoms with Crippen molar-refractivity contribution >= 4 is 12.0 Å². The first kappa shape index (κ1) is 23.9. The highest BCUT2D eigenvalue weighted by Crippen LogP contribution is 2.49. The van der Waals surface area contributed by atoms with Crippen LogP contribution in [0.25, 0.3) is 6.08 Å². The summed E-state index contributed by atoms with van der Waals surface area (Å²) in [4.78, 5) is 32.0. The highest BCUT2D eigenvalue weighted by atomic mass is 16.3. The van der Waals surface area contributed by atoms with Gasteiger partial charge in [-0.15, -0.1) is 0 Å². The third-order valence-corrected chi connectivity index (χ3v) is 8.48. The lowest BCUT2D eigenvalue weighted by Crippen LogP contribution is -2.46. The Kier molecular flexibility index (Phi) is 6.31. The fourth-order valence-electron chi connectivity index (χ4n) is 6.73. The largest absolute Gasteiger partial charge is 0.396 e. The number of carbonyl (C=O) groups is 1. The van der Waals surface area contributed by atoms with Crippen molar-refractivity contribution in [1.82, 2.24) is 14.4 Å². The number of aromatic nitrogens is 1. The quantitative estimate of drug-likeness (QED) is 0.587. The summed E-state index contributed by atoms with van der Waals surface area (Å²) in [6, 6.07) is 22.1. The Hall–Kier alpha value is -3.48. The molecule has 6 rings (SSSR count). The molecule has 1 N–H and O–H groups in total. The fraction of sp³-hybridized carbons (Fsp3) is 0.355. The van der Waals surface area contributed by atoms with Gasteiger partial charge < -0.3 is 14.6 Å². The summed E-state index contributed by atoms with van der Waals surface area (Å²) >= 11 is 0. The Morgan fingerprint density at radius 2 is 1.78 bits per heavy atom. The van der Waals surface area contributed by atoms with Crippen molar-refractivity contribution in [3.8, 4) is 0 Å². The summed E-state index contributed by atoms with van der Waals surface area (Å²) in [7, 11) is 0. The smallest absolute Gasteiger partial charge is 0.258 e. The Morgan fingerprint density at radius 3 is 2.54 bits per heavy atom. The molecule has 2 aromatic carbocycles. The van der Waals surface area contributed by atoms with Crippen LogP contribution in [-0.2, 0) is 30.8 Å². The molecule has 0 spiro atoms. The summed E-state index contributed by atoms with van der Waals surface area (Å²) in [6.07, 6.45) is 4.55. The van der Waals surface area contributed by atoms with Crippen LogP contribution in [0.5, 0.6) is 0 Å². The first-order valence-electron chi connectivity index (χ1n) is 13.2. The van der Waals surface area contributed by atoms with E-state index < -0.39 is 5.92 Å². The molecular weight excluding hydrogens is 462 g/mol. The number of aliphatic hydroxyl groups excluding tert-OH is 1. The molecule has 3 aliphatic heterocycles. The zero-order chi connectivity index (χ0) is 25.5. The van der Waals surface area contributed by atoms with Crippen LogP contribution in [0.2, 0.25) is 0 Å². The predicted octanol–water partition coefficient (Wildman–Crippen LogP) is 3.63. The monoisotopic (exact) mass is 495 g/mol. The molecule has 2 bridgehead atoms. The van der Waals surface area contributed by atoms with E-state index in [-0.39, 0.29) is 36.1 Å². The van der Waals surface area contributed by atoms with Crippen molar-refractivity contribution in [2.24, 2.45) is 11.8 Å². The van der Waals surface area contributed by atoms with Gasteiger partial charge in [0.2, 0.25) is 5.91 Å². The molecular formula is C31H33N3O3. The molecule has 1 aromatic heterocycles. The predicted molar refractivity (Wildman–Crippen MR) is 144 cm³/mol.